The molecular weight excluding hydrogens is 212 g/mol. The van der Waals surface area contributed by atoms with E-state index in [1.54, 1.807) is 12.4 Å². The maximum Gasteiger partial charge on any atom is 0.222 e. The molecule has 2 heterocycles. The van der Waals surface area contributed by atoms with Gasteiger partial charge >= 0.3 is 0 Å². The van der Waals surface area contributed by atoms with Crippen LogP contribution in [-0.2, 0) is 6.54 Å². The third-order valence-electron chi connectivity index (χ3n) is 2.17. The van der Waals surface area contributed by atoms with Gasteiger partial charge in [-0.2, -0.15) is 5.10 Å². The van der Waals surface area contributed by atoms with Gasteiger partial charge in [0.15, 0.2) is 0 Å². The molecule has 0 saturated carbocycles. The molecule has 0 saturated heterocycles. The molecule has 2 aromatic heterocycles. The van der Waals surface area contributed by atoms with E-state index in [2.05, 4.69) is 15.1 Å². The van der Waals surface area contributed by atoms with Crippen molar-refractivity contribution in [1.29, 1.82) is 0 Å². The average Bonchev–Trinajstić information content (AvgIpc) is 2.70. The molecule has 4 nitrogen and oxygen atoms in total. The molecule has 0 bridgehead atoms. The van der Waals surface area contributed by atoms with Crippen LogP contribution in [0.2, 0.25) is 5.28 Å². The second kappa shape index (κ2) is 3.98. The van der Waals surface area contributed by atoms with Crippen molar-refractivity contribution < 1.29 is 0 Å². The molecule has 5 heteroatoms. The van der Waals surface area contributed by atoms with E-state index in [0.29, 0.717) is 0 Å². The van der Waals surface area contributed by atoms with Gasteiger partial charge in [-0.15, -0.1) is 0 Å². The van der Waals surface area contributed by atoms with Crippen LogP contribution in [0.3, 0.4) is 0 Å². The maximum atomic E-state index is 5.76. The number of aromatic nitrogens is 4. The smallest absolute Gasteiger partial charge is 0.222 e. The van der Waals surface area contributed by atoms with Gasteiger partial charge in [-0.1, -0.05) is 0 Å². The maximum absolute atomic E-state index is 5.76. The fraction of sp³-hybridized carbons (Fsp3) is 0.300. The predicted molar refractivity (Wildman–Crippen MR) is 58.7 cm³/mol. The van der Waals surface area contributed by atoms with Crippen LogP contribution in [0.25, 0.3) is 11.3 Å². The molecule has 0 aromatic carbocycles. The highest BCUT2D eigenvalue weighted by atomic mass is 35.5. The van der Waals surface area contributed by atoms with Crippen LogP contribution in [0.4, 0.5) is 0 Å². The van der Waals surface area contributed by atoms with E-state index in [9.17, 15) is 0 Å². The van der Waals surface area contributed by atoms with Gasteiger partial charge in [0, 0.05) is 24.5 Å². The summed E-state index contributed by atoms with van der Waals surface area (Å²) >= 11 is 5.76. The Morgan fingerprint density at radius 1 is 1.40 bits per heavy atom. The minimum atomic E-state index is 0.264. The molecule has 0 fully saturated rings. The Morgan fingerprint density at radius 2 is 2.20 bits per heavy atom. The first-order valence-electron chi connectivity index (χ1n) is 4.72. The van der Waals surface area contributed by atoms with Crippen molar-refractivity contribution in [2.75, 3.05) is 0 Å². The van der Waals surface area contributed by atoms with E-state index in [4.69, 9.17) is 11.6 Å². The zero-order chi connectivity index (χ0) is 10.8. The second-order valence-corrected chi connectivity index (χ2v) is 3.59. The molecule has 0 amide bonds. The normalized spacial score (nSPS) is 10.6. The topological polar surface area (TPSA) is 43.6 Å². The van der Waals surface area contributed by atoms with Crippen LogP contribution in [0.5, 0.6) is 0 Å². The number of aryl methyl sites for hydroxylation is 2. The van der Waals surface area contributed by atoms with E-state index in [-0.39, 0.29) is 5.28 Å². The van der Waals surface area contributed by atoms with Crippen LogP contribution >= 0.6 is 11.6 Å². The minimum Gasteiger partial charge on any atom is -0.272 e. The van der Waals surface area contributed by atoms with Gasteiger partial charge in [0.2, 0.25) is 5.28 Å². The molecule has 15 heavy (non-hydrogen) atoms. The lowest BCUT2D eigenvalue weighted by atomic mass is 10.2. The van der Waals surface area contributed by atoms with Crippen LogP contribution < -0.4 is 0 Å². The summed E-state index contributed by atoms with van der Waals surface area (Å²) in [6.45, 7) is 4.84. The van der Waals surface area contributed by atoms with Crippen molar-refractivity contribution in [3.05, 3.63) is 29.4 Å². The largest absolute Gasteiger partial charge is 0.272 e. The first-order chi connectivity index (χ1) is 7.20. The van der Waals surface area contributed by atoms with E-state index in [0.717, 1.165) is 23.4 Å². The Morgan fingerprint density at radius 3 is 2.87 bits per heavy atom. The summed E-state index contributed by atoms with van der Waals surface area (Å²) in [6.07, 6.45) is 5.45. The Balaban J connectivity index is 2.48. The number of nitrogens with zero attached hydrogens (tertiary/aromatic N) is 4. The van der Waals surface area contributed by atoms with Gasteiger partial charge in [-0.25, -0.2) is 9.97 Å². The predicted octanol–water partition coefficient (Wildman–Crippen LogP) is 2.32. The molecule has 0 aliphatic carbocycles. The van der Waals surface area contributed by atoms with E-state index >= 15 is 0 Å². The molecule has 0 unspecified atom stereocenters. The fourth-order valence-corrected chi connectivity index (χ4v) is 1.50. The van der Waals surface area contributed by atoms with Crippen LogP contribution in [0.15, 0.2) is 18.6 Å². The Bertz CT molecular complexity index is 478. The minimum absolute atomic E-state index is 0.264. The summed E-state index contributed by atoms with van der Waals surface area (Å²) in [5.41, 5.74) is 2.81. The molecule has 0 atom stereocenters. The monoisotopic (exact) mass is 222 g/mol. The molecule has 0 spiro atoms. The third kappa shape index (κ3) is 1.99. The van der Waals surface area contributed by atoms with E-state index in [1.165, 1.54) is 0 Å². The SMILES string of the molecule is CCn1cc(-c2nc(Cl)ncc2C)cn1. The lowest BCUT2D eigenvalue weighted by molar-refractivity contribution is 0.660. The molecule has 2 rings (SSSR count). The number of rotatable bonds is 2. The van der Waals surface area contributed by atoms with Gasteiger partial charge in [-0.3, -0.25) is 4.68 Å². The van der Waals surface area contributed by atoms with Crippen molar-refractivity contribution in [2.24, 2.45) is 0 Å². The van der Waals surface area contributed by atoms with Gasteiger partial charge in [0.05, 0.1) is 11.9 Å². The van der Waals surface area contributed by atoms with Gasteiger partial charge in [0.1, 0.15) is 0 Å². The molecule has 0 aliphatic heterocycles. The first kappa shape index (κ1) is 10.1. The first-order valence-corrected chi connectivity index (χ1v) is 5.10. The zero-order valence-electron chi connectivity index (χ0n) is 8.61. The summed E-state index contributed by atoms with van der Waals surface area (Å²) < 4.78 is 1.85. The van der Waals surface area contributed by atoms with Crippen molar-refractivity contribution in [2.45, 2.75) is 20.4 Å². The lowest BCUT2D eigenvalue weighted by Gasteiger charge is -2.00. The number of hydrogen-bond donors (Lipinski definition) is 0. The summed E-state index contributed by atoms with van der Waals surface area (Å²) in [5.74, 6) is 0. The molecule has 0 N–H and O–H groups in total. The third-order valence-corrected chi connectivity index (χ3v) is 2.36. The fourth-order valence-electron chi connectivity index (χ4n) is 1.37. The van der Waals surface area contributed by atoms with Crippen LogP contribution in [-0.4, -0.2) is 19.7 Å². The van der Waals surface area contributed by atoms with Crippen molar-refractivity contribution in [3.63, 3.8) is 0 Å². The van der Waals surface area contributed by atoms with Crippen molar-refractivity contribution in [3.8, 4) is 11.3 Å². The van der Waals surface area contributed by atoms with Crippen molar-refractivity contribution >= 4 is 11.6 Å². The van der Waals surface area contributed by atoms with Gasteiger partial charge in [0.25, 0.3) is 0 Å². The van der Waals surface area contributed by atoms with Crippen LogP contribution in [0, 0.1) is 6.92 Å². The van der Waals surface area contributed by atoms with Gasteiger partial charge in [-0.05, 0) is 31.0 Å². The molecule has 78 valence electrons. The average molecular weight is 223 g/mol. The van der Waals surface area contributed by atoms with E-state index in [1.807, 2.05) is 24.7 Å². The molecule has 0 radical (unpaired) electrons. The Labute approximate surface area is 92.9 Å². The standard InChI is InChI=1S/C10H11ClN4/c1-3-15-6-8(5-13-15)9-7(2)4-12-10(11)14-9/h4-6H,3H2,1-2H3. The molecule has 0 aliphatic rings. The highest BCUT2D eigenvalue weighted by Crippen LogP contribution is 2.20. The zero-order valence-corrected chi connectivity index (χ0v) is 9.36. The van der Waals surface area contributed by atoms with Gasteiger partial charge < -0.3 is 0 Å². The summed E-state index contributed by atoms with van der Waals surface area (Å²) in [5, 5.41) is 4.46. The Hall–Kier alpha value is -1.42. The van der Waals surface area contributed by atoms with E-state index < -0.39 is 0 Å². The highest BCUT2D eigenvalue weighted by molar-refractivity contribution is 6.28. The lowest BCUT2D eigenvalue weighted by Crippen LogP contribution is -1.93. The Kier molecular flexibility index (Phi) is 2.68. The summed E-state index contributed by atoms with van der Waals surface area (Å²) in [4.78, 5) is 8.11. The van der Waals surface area contributed by atoms with Crippen molar-refractivity contribution in [1.82, 2.24) is 19.7 Å². The second-order valence-electron chi connectivity index (χ2n) is 3.26. The number of halogens is 1. The summed E-state index contributed by atoms with van der Waals surface area (Å²) in [6, 6.07) is 0. The highest BCUT2D eigenvalue weighted by Gasteiger charge is 2.07. The quantitative estimate of drug-likeness (QED) is 0.733. The molecular formula is C10H11ClN4. The molecule has 2 aromatic rings. The van der Waals surface area contributed by atoms with Crippen LogP contribution in [0.1, 0.15) is 12.5 Å². The summed E-state index contributed by atoms with van der Waals surface area (Å²) in [7, 11) is 0. The number of hydrogen-bond acceptors (Lipinski definition) is 3.